The summed E-state index contributed by atoms with van der Waals surface area (Å²) >= 11 is 0. The molecule has 2 heterocycles. The van der Waals surface area contributed by atoms with E-state index in [1.807, 2.05) is 13.8 Å². The quantitative estimate of drug-likeness (QED) is 0.699. The highest BCUT2D eigenvalue weighted by Crippen LogP contribution is 2.31. The monoisotopic (exact) mass is 359 g/mol. The van der Waals surface area contributed by atoms with E-state index in [-0.39, 0.29) is 30.7 Å². The largest absolute Gasteiger partial charge is 0.490 e. The van der Waals surface area contributed by atoms with Crippen molar-refractivity contribution in [3.8, 4) is 11.6 Å². The van der Waals surface area contributed by atoms with Gasteiger partial charge in [0.2, 0.25) is 11.8 Å². The second kappa shape index (κ2) is 7.17. The normalized spacial score (nSPS) is 19.6. The number of amides is 2. The van der Waals surface area contributed by atoms with E-state index in [1.54, 1.807) is 24.4 Å². The van der Waals surface area contributed by atoms with Gasteiger partial charge in [0, 0.05) is 18.0 Å². The number of nitrogens with two attached hydrogens (primary N) is 1. The predicted molar refractivity (Wildman–Crippen MR) is 94.1 cm³/mol. The number of nitrogens with one attached hydrogen (secondary N) is 1. The van der Waals surface area contributed by atoms with Crippen LogP contribution in [-0.2, 0) is 4.79 Å². The Morgan fingerprint density at radius 3 is 2.85 bits per heavy atom. The fourth-order valence-corrected chi connectivity index (χ4v) is 2.86. The van der Waals surface area contributed by atoms with E-state index >= 15 is 0 Å². The van der Waals surface area contributed by atoms with Gasteiger partial charge in [0.25, 0.3) is 5.91 Å². The van der Waals surface area contributed by atoms with Gasteiger partial charge in [0.05, 0.1) is 17.7 Å². The third kappa shape index (κ3) is 3.70. The SMILES string of the molecule is CC(C)Oc1cc2c(OC[C@@H]3CC(O)C(=O)N3)nccc2cc1C(N)=O. The van der Waals surface area contributed by atoms with Crippen LogP contribution in [0.2, 0.25) is 0 Å². The minimum Gasteiger partial charge on any atom is -0.490 e. The number of carbonyl (C=O) groups is 2. The van der Waals surface area contributed by atoms with Crippen LogP contribution in [0.5, 0.6) is 11.6 Å². The Morgan fingerprint density at radius 1 is 1.46 bits per heavy atom. The van der Waals surface area contributed by atoms with Crippen LogP contribution in [-0.4, -0.2) is 46.8 Å². The van der Waals surface area contributed by atoms with Crippen molar-refractivity contribution in [3.05, 3.63) is 30.0 Å². The smallest absolute Gasteiger partial charge is 0.252 e. The van der Waals surface area contributed by atoms with Crippen LogP contribution in [0.3, 0.4) is 0 Å². The number of hydrogen-bond donors (Lipinski definition) is 3. The summed E-state index contributed by atoms with van der Waals surface area (Å²) in [6.45, 7) is 3.88. The van der Waals surface area contributed by atoms with Crippen LogP contribution in [0.4, 0.5) is 0 Å². The Hall–Kier alpha value is -2.87. The van der Waals surface area contributed by atoms with Crippen LogP contribution < -0.4 is 20.5 Å². The first kappa shape index (κ1) is 17.9. The number of aromatic nitrogens is 1. The number of hydrogen-bond acceptors (Lipinski definition) is 6. The molecule has 1 unspecified atom stereocenters. The highest BCUT2D eigenvalue weighted by atomic mass is 16.5. The Morgan fingerprint density at radius 2 is 2.23 bits per heavy atom. The Bertz CT molecular complexity index is 852. The van der Waals surface area contributed by atoms with Gasteiger partial charge in [-0.05, 0) is 37.4 Å². The average molecular weight is 359 g/mol. The Balaban J connectivity index is 1.90. The fourth-order valence-electron chi connectivity index (χ4n) is 2.86. The molecule has 4 N–H and O–H groups in total. The molecular formula is C18H21N3O5. The van der Waals surface area contributed by atoms with E-state index in [0.717, 1.165) is 5.39 Å². The molecule has 0 spiro atoms. The summed E-state index contributed by atoms with van der Waals surface area (Å²) < 4.78 is 11.5. The van der Waals surface area contributed by atoms with E-state index in [2.05, 4.69) is 10.3 Å². The van der Waals surface area contributed by atoms with Gasteiger partial charge >= 0.3 is 0 Å². The first-order chi connectivity index (χ1) is 12.3. The first-order valence-corrected chi connectivity index (χ1v) is 8.35. The van der Waals surface area contributed by atoms with Crippen LogP contribution >= 0.6 is 0 Å². The van der Waals surface area contributed by atoms with Gasteiger partial charge in [-0.25, -0.2) is 4.98 Å². The molecule has 1 saturated heterocycles. The number of primary amides is 1. The topological polar surface area (TPSA) is 124 Å². The molecule has 2 atom stereocenters. The van der Waals surface area contributed by atoms with Crippen LogP contribution in [0.25, 0.3) is 10.8 Å². The zero-order valence-electron chi connectivity index (χ0n) is 14.6. The van der Waals surface area contributed by atoms with Crippen molar-refractivity contribution in [1.82, 2.24) is 10.3 Å². The fraction of sp³-hybridized carbons (Fsp3) is 0.389. The molecule has 0 saturated carbocycles. The molecule has 1 aromatic carbocycles. The lowest BCUT2D eigenvalue weighted by Crippen LogP contribution is -2.31. The summed E-state index contributed by atoms with van der Waals surface area (Å²) in [5, 5.41) is 13.5. The van der Waals surface area contributed by atoms with Crippen LogP contribution in [0.15, 0.2) is 24.4 Å². The molecule has 8 nitrogen and oxygen atoms in total. The zero-order valence-corrected chi connectivity index (χ0v) is 14.6. The van der Waals surface area contributed by atoms with Gasteiger partial charge in [0.1, 0.15) is 18.5 Å². The number of benzene rings is 1. The lowest BCUT2D eigenvalue weighted by molar-refractivity contribution is -0.126. The molecule has 1 aliphatic rings. The molecule has 2 aromatic rings. The maximum Gasteiger partial charge on any atom is 0.252 e. The second-order valence-corrected chi connectivity index (χ2v) is 6.48. The van der Waals surface area contributed by atoms with Crippen LogP contribution in [0, 0.1) is 0 Å². The minimum atomic E-state index is -1.01. The summed E-state index contributed by atoms with van der Waals surface area (Å²) in [7, 11) is 0. The summed E-state index contributed by atoms with van der Waals surface area (Å²) in [5.74, 6) is -0.266. The number of nitrogens with zero attached hydrogens (tertiary/aromatic N) is 1. The van der Waals surface area contributed by atoms with Crippen molar-refractivity contribution in [2.45, 2.75) is 38.5 Å². The van der Waals surface area contributed by atoms with Crippen molar-refractivity contribution in [2.24, 2.45) is 5.73 Å². The number of aliphatic hydroxyl groups is 1. The Kier molecular flexibility index (Phi) is 4.94. The number of carbonyl (C=O) groups excluding carboxylic acids is 2. The molecule has 0 radical (unpaired) electrons. The number of ether oxygens (including phenoxy) is 2. The van der Waals surface area contributed by atoms with Crippen LogP contribution in [0.1, 0.15) is 30.6 Å². The third-order valence-electron chi connectivity index (χ3n) is 4.03. The number of rotatable bonds is 6. The van der Waals surface area contributed by atoms with Crippen molar-refractivity contribution >= 4 is 22.6 Å². The molecule has 1 fully saturated rings. The van der Waals surface area contributed by atoms with Crippen molar-refractivity contribution in [2.75, 3.05) is 6.61 Å². The highest BCUT2D eigenvalue weighted by Gasteiger charge is 2.30. The molecule has 3 rings (SSSR count). The lowest BCUT2D eigenvalue weighted by atomic mass is 10.1. The van der Waals surface area contributed by atoms with E-state index < -0.39 is 17.9 Å². The summed E-state index contributed by atoms with van der Waals surface area (Å²) in [5.41, 5.74) is 5.74. The third-order valence-corrected chi connectivity index (χ3v) is 4.03. The first-order valence-electron chi connectivity index (χ1n) is 8.35. The minimum absolute atomic E-state index is 0.137. The van der Waals surface area contributed by atoms with Gasteiger partial charge in [-0.15, -0.1) is 0 Å². The molecule has 0 aliphatic carbocycles. The molecule has 0 bridgehead atoms. The van der Waals surface area contributed by atoms with Crippen molar-refractivity contribution < 1.29 is 24.2 Å². The van der Waals surface area contributed by atoms with Gasteiger partial charge in [-0.2, -0.15) is 0 Å². The van der Waals surface area contributed by atoms with E-state index in [9.17, 15) is 14.7 Å². The second-order valence-electron chi connectivity index (χ2n) is 6.48. The maximum atomic E-state index is 11.7. The molecule has 1 aromatic heterocycles. The van der Waals surface area contributed by atoms with Crippen molar-refractivity contribution in [1.29, 1.82) is 0 Å². The van der Waals surface area contributed by atoms with Gasteiger partial charge < -0.3 is 25.6 Å². The number of fused-ring (bicyclic) bond motifs is 1. The van der Waals surface area contributed by atoms with Crippen molar-refractivity contribution in [3.63, 3.8) is 0 Å². The highest BCUT2D eigenvalue weighted by molar-refractivity contribution is 6.01. The van der Waals surface area contributed by atoms with E-state index in [1.165, 1.54) is 0 Å². The average Bonchev–Trinajstić information content (AvgIpc) is 2.89. The standard InChI is InChI=1S/C18H21N3O5/c1-9(2)26-15-7-12-10(5-13(15)16(19)23)3-4-20-18(12)25-8-11-6-14(22)17(24)21-11/h3-5,7,9,11,14,22H,6,8H2,1-2H3,(H2,19,23)(H,21,24)/t11-,14?/m0/s1. The van der Waals surface area contributed by atoms with E-state index in [0.29, 0.717) is 17.0 Å². The van der Waals surface area contributed by atoms with E-state index in [4.69, 9.17) is 15.2 Å². The number of aliphatic hydroxyl groups excluding tert-OH is 1. The zero-order chi connectivity index (χ0) is 18.8. The molecule has 2 amide bonds. The lowest BCUT2D eigenvalue weighted by Gasteiger charge is -2.16. The maximum absolute atomic E-state index is 11.7. The Labute approximate surface area is 150 Å². The molecule has 26 heavy (non-hydrogen) atoms. The summed E-state index contributed by atoms with van der Waals surface area (Å²) in [4.78, 5) is 27.3. The number of pyridine rings is 1. The molecule has 8 heteroatoms. The molecule has 1 aliphatic heterocycles. The summed E-state index contributed by atoms with van der Waals surface area (Å²) in [6, 6.07) is 4.78. The van der Waals surface area contributed by atoms with Gasteiger partial charge in [0.15, 0.2) is 0 Å². The summed E-state index contributed by atoms with van der Waals surface area (Å²) in [6.07, 6.45) is 0.708. The predicted octanol–water partition coefficient (Wildman–Crippen LogP) is 0.749. The molecular weight excluding hydrogens is 338 g/mol. The van der Waals surface area contributed by atoms with Gasteiger partial charge in [-0.1, -0.05) is 0 Å². The molecule has 138 valence electrons. The van der Waals surface area contributed by atoms with Gasteiger partial charge in [-0.3, -0.25) is 9.59 Å².